The first-order chi connectivity index (χ1) is 6.07. The Morgan fingerprint density at radius 3 is 2.00 bits per heavy atom. The lowest BCUT2D eigenvalue weighted by Crippen LogP contribution is -2.50. The summed E-state index contributed by atoms with van der Waals surface area (Å²) in [6.45, 7) is 10.3. The number of hydrogen-bond donors (Lipinski definition) is 1. The van der Waals surface area contributed by atoms with Crippen LogP contribution in [-0.2, 0) is 4.74 Å². The van der Waals surface area contributed by atoms with Gasteiger partial charge in [0.05, 0.1) is 11.6 Å². The Balaban J connectivity index is 4.76. The second kappa shape index (κ2) is 5.40. The second-order valence-electron chi connectivity index (χ2n) is 3.54. The van der Waals surface area contributed by atoms with Crippen LogP contribution in [0.2, 0.25) is 0 Å². The van der Waals surface area contributed by atoms with E-state index in [1.54, 1.807) is 7.11 Å². The van der Waals surface area contributed by atoms with Crippen LogP contribution in [0, 0.1) is 0 Å². The highest BCUT2D eigenvalue weighted by Gasteiger charge is 2.35. The number of nitrogens with one attached hydrogen (secondary N) is 1. The van der Waals surface area contributed by atoms with E-state index in [1.807, 2.05) is 14.0 Å². The summed E-state index contributed by atoms with van der Waals surface area (Å²) in [5.74, 6) is 0. The van der Waals surface area contributed by atoms with Crippen molar-refractivity contribution in [2.24, 2.45) is 0 Å². The van der Waals surface area contributed by atoms with E-state index in [2.05, 4.69) is 25.7 Å². The molecular formula is C11H23NO. The molecule has 0 saturated carbocycles. The molecule has 0 aliphatic rings. The van der Waals surface area contributed by atoms with Crippen LogP contribution in [0.25, 0.3) is 0 Å². The van der Waals surface area contributed by atoms with Gasteiger partial charge in [-0.15, -0.1) is 0 Å². The van der Waals surface area contributed by atoms with E-state index < -0.39 is 0 Å². The maximum atomic E-state index is 5.63. The third-order valence-electron chi connectivity index (χ3n) is 2.91. The minimum atomic E-state index is -0.0966. The van der Waals surface area contributed by atoms with Crippen molar-refractivity contribution in [1.29, 1.82) is 0 Å². The molecule has 0 aromatic heterocycles. The molecule has 1 unspecified atom stereocenters. The molecule has 0 aromatic rings. The molecule has 0 saturated heterocycles. The van der Waals surface area contributed by atoms with Crippen molar-refractivity contribution >= 4 is 0 Å². The maximum absolute atomic E-state index is 5.63. The summed E-state index contributed by atoms with van der Waals surface area (Å²) in [5.41, 5.74) is 1.04. The third-order valence-corrected chi connectivity index (χ3v) is 2.91. The normalized spacial score (nSPS) is 14.2. The van der Waals surface area contributed by atoms with Gasteiger partial charge in [0.2, 0.25) is 0 Å². The van der Waals surface area contributed by atoms with Gasteiger partial charge in [0.15, 0.2) is 0 Å². The minimum Gasteiger partial charge on any atom is -0.376 e. The number of likely N-dealkylation sites (N-methyl/N-ethyl adjacent to an activating group) is 1. The Labute approximate surface area is 82.4 Å². The zero-order chi connectivity index (χ0) is 10.5. The SMILES string of the molecule is C=C(C)C(NC)C(CC)(CC)OC. The average molecular weight is 185 g/mol. The summed E-state index contributed by atoms with van der Waals surface area (Å²) < 4.78 is 5.63. The summed E-state index contributed by atoms with van der Waals surface area (Å²) in [7, 11) is 3.73. The monoisotopic (exact) mass is 185 g/mol. The lowest BCUT2D eigenvalue weighted by Gasteiger charge is -2.38. The smallest absolute Gasteiger partial charge is 0.0863 e. The molecule has 2 nitrogen and oxygen atoms in total. The molecule has 0 amide bonds. The minimum absolute atomic E-state index is 0.0966. The fourth-order valence-corrected chi connectivity index (χ4v) is 2.02. The Bertz CT molecular complexity index is 153. The van der Waals surface area contributed by atoms with Gasteiger partial charge >= 0.3 is 0 Å². The van der Waals surface area contributed by atoms with Crippen LogP contribution < -0.4 is 5.32 Å². The molecular weight excluding hydrogens is 162 g/mol. The molecule has 0 spiro atoms. The molecule has 0 aliphatic heterocycles. The predicted octanol–water partition coefficient (Wildman–Crippen LogP) is 2.36. The molecule has 0 aliphatic carbocycles. The van der Waals surface area contributed by atoms with Crippen molar-refractivity contribution in [3.8, 4) is 0 Å². The molecule has 0 bridgehead atoms. The number of ether oxygens (including phenoxy) is 1. The average Bonchev–Trinajstić information content (AvgIpc) is 2.13. The molecule has 0 heterocycles. The molecule has 2 heteroatoms. The van der Waals surface area contributed by atoms with E-state index in [-0.39, 0.29) is 11.6 Å². The lowest BCUT2D eigenvalue weighted by molar-refractivity contribution is -0.0361. The first-order valence-electron chi connectivity index (χ1n) is 4.95. The molecule has 1 N–H and O–H groups in total. The maximum Gasteiger partial charge on any atom is 0.0863 e. The molecule has 0 aromatic carbocycles. The van der Waals surface area contributed by atoms with Crippen molar-refractivity contribution in [2.75, 3.05) is 14.2 Å². The van der Waals surface area contributed by atoms with Gasteiger partial charge in [0, 0.05) is 7.11 Å². The summed E-state index contributed by atoms with van der Waals surface area (Å²) in [4.78, 5) is 0. The van der Waals surface area contributed by atoms with Crippen LogP contribution in [0.3, 0.4) is 0 Å². The van der Waals surface area contributed by atoms with E-state index in [1.165, 1.54) is 0 Å². The first kappa shape index (κ1) is 12.7. The standard InChI is InChI=1S/C11H23NO/c1-7-11(8-2,13-6)10(12-5)9(3)4/h10,12H,3,7-8H2,1-2,4-6H3. The Hall–Kier alpha value is -0.340. The van der Waals surface area contributed by atoms with Crippen molar-refractivity contribution in [2.45, 2.75) is 45.3 Å². The topological polar surface area (TPSA) is 21.3 Å². The van der Waals surface area contributed by atoms with E-state index >= 15 is 0 Å². The quantitative estimate of drug-likeness (QED) is 0.641. The molecule has 13 heavy (non-hydrogen) atoms. The zero-order valence-electron chi connectivity index (χ0n) is 9.61. The lowest BCUT2D eigenvalue weighted by atomic mass is 9.84. The molecule has 0 radical (unpaired) electrons. The van der Waals surface area contributed by atoms with Crippen LogP contribution >= 0.6 is 0 Å². The highest BCUT2D eigenvalue weighted by molar-refractivity contribution is 5.11. The van der Waals surface area contributed by atoms with E-state index in [0.717, 1.165) is 18.4 Å². The van der Waals surface area contributed by atoms with Crippen LogP contribution in [0.1, 0.15) is 33.6 Å². The molecule has 1 atom stereocenters. The van der Waals surface area contributed by atoms with E-state index in [0.29, 0.717) is 0 Å². The van der Waals surface area contributed by atoms with Gasteiger partial charge in [-0.2, -0.15) is 0 Å². The van der Waals surface area contributed by atoms with Gasteiger partial charge in [-0.1, -0.05) is 26.0 Å². The first-order valence-corrected chi connectivity index (χ1v) is 4.95. The van der Waals surface area contributed by atoms with Crippen molar-refractivity contribution < 1.29 is 4.74 Å². The van der Waals surface area contributed by atoms with Crippen LogP contribution in [0.4, 0.5) is 0 Å². The summed E-state index contributed by atoms with van der Waals surface area (Å²) in [6.07, 6.45) is 2.00. The number of methoxy groups -OCH3 is 1. The summed E-state index contributed by atoms with van der Waals surface area (Å²) in [5, 5.41) is 3.27. The van der Waals surface area contributed by atoms with Crippen LogP contribution in [0.5, 0.6) is 0 Å². The van der Waals surface area contributed by atoms with Crippen LogP contribution in [-0.4, -0.2) is 25.8 Å². The second-order valence-corrected chi connectivity index (χ2v) is 3.54. The predicted molar refractivity (Wildman–Crippen MR) is 58.0 cm³/mol. The van der Waals surface area contributed by atoms with Gasteiger partial charge in [-0.25, -0.2) is 0 Å². The van der Waals surface area contributed by atoms with Gasteiger partial charge in [0.25, 0.3) is 0 Å². The van der Waals surface area contributed by atoms with E-state index in [9.17, 15) is 0 Å². The highest BCUT2D eigenvalue weighted by atomic mass is 16.5. The van der Waals surface area contributed by atoms with Gasteiger partial charge < -0.3 is 10.1 Å². The largest absolute Gasteiger partial charge is 0.376 e. The van der Waals surface area contributed by atoms with Crippen molar-refractivity contribution in [3.05, 3.63) is 12.2 Å². The van der Waals surface area contributed by atoms with Gasteiger partial charge in [0.1, 0.15) is 0 Å². The summed E-state index contributed by atoms with van der Waals surface area (Å²) >= 11 is 0. The zero-order valence-corrected chi connectivity index (χ0v) is 9.61. The highest BCUT2D eigenvalue weighted by Crippen LogP contribution is 2.27. The summed E-state index contributed by atoms with van der Waals surface area (Å²) in [6, 6.07) is 0.243. The molecule has 0 rings (SSSR count). The third kappa shape index (κ3) is 2.55. The Morgan fingerprint density at radius 2 is 1.92 bits per heavy atom. The van der Waals surface area contributed by atoms with Gasteiger partial charge in [-0.3, -0.25) is 0 Å². The van der Waals surface area contributed by atoms with Gasteiger partial charge in [-0.05, 0) is 26.8 Å². The fourth-order valence-electron chi connectivity index (χ4n) is 2.02. The Kier molecular flexibility index (Phi) is 5.26. The van der Waals surface area contributed by atoms with E-state index in [4.69, 9.17) is 4.74 Å². The molecule has 78 valence electrons. The molecule has 0 fully saturated rings. The van der Waals surface area contributed by atoms with Crippen molar-refractivity contribution in [1.82, 2.24) is 5.32 Å². The number of hydrogen-bond acceptors (Lipinski definition) is 2. The number of rotatable bonds is 6. The Morgan fingerprint density at radius 1 is 1.46 bits per heavy atom. The van der Waals surface area contributed by atoms with Crippen LogP contribution in [0.15, 0.2) is 12.2 Å². The fraction of sp³-hybridized carbons (Fsp3) is 0.818. The van der Waals surface area contributed by atoms with Crippen molar-refractivity contribution in [3.63, 3.8) is 0 Å².